The van der Waals surface area contributed by atoms with E-state index in [2.05, 4.69) is 27.2 Å². The molecule has 0 aliphatic carbocycles. The van der Waals surface area contributed by atoms with Crippen LogP contribution in [0.3, 0.4) is 0 Å². The van der Waals surface area contributed by atoms with E-state index in [1.165, 1.54) is 18.2 Å². The summed E-state index contributed by atoms with van der Waals surface area (Å²) < 4.78 is 0. The molecular weight excluding hydrogens is 391 g/mol. The third-order valence-electron chi connectivity index (χ3n) is 5.04. The highest BCUT2D eigenvalue weighted by molar-refractivity contribution is 6.43. The van der Waals surface area contributed by atoms with Gasteiger partial charge in [-0.3, -0.25) is 14.4 Å². The molecule has 12 heteroatoms. The second-order valence-corrected chi connectivity index (χ2v) is 7.56. The number of hydrogen-bond donors (Lipinski definition) is 6. The summed E-state index contributed by atoms with van der Waals surface area (Å²) >= 11 is 0. The Morgan fingerprint density at radius 1 is 1.40 bits per heavy atom. The predicted octanol–water partition coefficient (Wildman–Crippen LogP) is -2.15. The van der Waals surface area contributed by atoms with Gasteiger partial charge >= 0.3 is 7.12 Å². The minimum absolute atomic E-state index is 0.229. The summed E-state index contributed by atoms with van der Waals surface area (Å²) in [7, 11) is -1.66. The number of imidazole rings is 1. The van der Waals surface area contributed by atoms with E-state index in [0.29, 0.717) is 30.7 Å². The zero-order valence-corrected chi connectivity index (χ0v) is 17.2. The van der Waals surface area contributed by atoms with Crippen molar-refractivity contribution in [1.29, 1.82) is 0 Å². The van der Waals surface area contributed by atoms with E-state index in [-0.39, 0.29) is 6.42 Å². The van der Waals surface area contributed by atoms with Crippen molar-refractivity contribution in [2.24, 2.45) is 5.73 Å². The van der Waals surface area contributed by atoms with Gasteiger partial charge in [-0.25, -0.2) is 4.98 Å². The largest absolute Gasteiger partial charge is 0.475 e. The van der Waals surface area contributed by atoms with E-state index in [1.807, 2.05) is 0 Å². The molecule has 164 valence electrons. The van der Waals surface area contributed by atoms with Crippen LogP contribution in [0.25, 0.3) is 0 Å². The van der Waals surface area contributed by atoms with Gasteiger partial charge in [-0.1, -0.05) is 6.58 Å². The van der Waals surface area contributed by atoms with Crippen LogP contribution in [0, 0.1) is 0 Å². The molecule has 0 radical (unpaired) electrons. The first-order valence-electron chi connectivity index (χ1n) is 9.77. The molecule has 2 heterocycles. The minimum Gasteiger partial charge on any atom is -0.426 e. The number of nitrogens with zero attached hydrogens (tertiary/aromatic N) is 2. The Bertz CT molecular complexity index is 771. The lowest BCUT2D eigenvalue weighted by Crippen LogP contribution is -2.57. The molecule has 11 nitrogen and oxygen atoms in total. The van der Waals surface area contributed by atoms with Crippen LogP contribution < -0.4 is 16.4 Å². The van der Waals surface area contributed by atoms with Gasteiger partial charge in [0.1, 0.15) is 12.1 Å². The zero-order chi connectivity index (χ0) is 22.4. The molecule has 1 aromatic rings. The standard InChI is InChI=1S/C18H29BN6O5/c1-10(2)15(18(28)25-6-4-5-14(25)19(29)30)24-16(26)11(3)23-17(27)13(20)7-12-8-21-9-22-12/h8-9,11,13-15,29-30H,1,4-7,20H2,2-3H3,(H,21,22)(H,23,27)(H,24,26). The van der Waals surface area contributed by atoms with Crippen LogP contribution in [0.15, 0.2) is 24.7 Å². The van der Waals surface area contributed by atoms with Gasteiger partial charge in [0.15, 0.2) is 0 Å². The smallest absolute Gasteiger partial charge is 0.426 e. The van der Waals surface area contributed by atoms with Crippen LogP contribution in [-0.4, -0.2) is 80.4 Å². The van der Waals surface area contributed by atoms with Gasteiger partial charge in [0, 0.05) is 24.9 Å². The van der Waals surface area contributed by atoms with Gasteiger partial charge in [-0.15, -0.1) is 0 Å². The average molecular weight is 420 g/mol. The Hall–Kier alpha value is -2.70. The number of aromatic amines is 1. The minimum atomic E-state index is -1.66. The van der Waals surface area contributed by atoms with Crippen molar-refractivity contribution < 1.29 is 24.4 Å². The van der Waals surface area contributed by atoms with Crippen molar-refractivity contribution in [2.75, 3.05) is 6.54 Å². The van der Waals surface area contributed by atoms with E-state index in [9.17, 15) is 24.4 Å². The molecule has 2 rings (SSSR count). The Labute approximate surface area is 175 Å². The topological polar surface area (TPSA) is 174 Å². The first-order chi connectivity index (χ1) is 14.1. The van der Waals surface area contributed by atoms with E-state index in [0.717, 1.165) is 0 Å². The van der Waals surface area contributed by atoms with Gasteiger partial charge < -0.3 is 36.3 Å². The first-order valence-corrected chi connectivity index (χ1v) is 9.77. The maximum atomic E-state index is 12.9. The normalized spacial score (nSPS) is 19.0. The quantitative estimate of drug-likeness (QED) is 0.195. The molecule has 30 heavy (non-hydrogen) atoms. The second kappa shape index (κ2) is 10.4. The van der Waals surface area contributed by atoms with Crippen molar-refractivity contribution in [3.05, 3.63) is 30.4 Å². The molecule has 0 aromatic carbocycles. The zero-order valence-electron chi connectivity index (χ0n) is 17.2. The average Bonchev–Trinajstić information content (AvgIpc) is 3.36. The summed E-state index contributed by atoms with van der Waals surface area (Å²) in [6, 6.07) is -2.87. The lowest BCUT2D eigenvalue weighted by atomic mass is 9.77. The molecule has 0 spiro atoms. The second-order valence-electron chi connectivity index (χ2n) is 7.56. The predicted molar refractivity (Wildman–Crippen MR) is 110 cm³/mol. The third kappa shape index (κ3) is 5.91. The van der Waals surface area contributed by atoms with Gasteiger partial charge in [-0.2, -0.15) is 0 Å². The highest BCUT2D eigenvalue weighted by Crippen LogP contribution is 2.20. The lowest BCUT2D eigenvalue weighted by molar-refractivity contribution is -0.136. The van der Waals surface area contributed by atoms with Crippen molar-refractivity contribution >= 4 is 24.8 Å². The van der Waals surface area contributed by atoms with Crippen LogP contribution in [0.5, 0.6) is 0 Å². The maximum Gasteiger partial charge on any atom is 0.475 e. The van der Waals surface area contributed by atoms with Crippen molar-refractivity contribution in [1.82, 2.24) is 25.5 Å². The van der Waals surface area contributed by atoms with Gasteiger partial charge in [0.05, 0.1) is 18.3 Å². The number of rotatable bonds is 9. The first kappa shape index (κ1) is 23.6. The van der Waals surface area contributed by atoms with Gasteiger partial charge in [-0.05, 0) is 32.3 Å². The fourth-order valence-corrected chi connectivity index (χ4v) is 3.32. The number of nitrogens with one attached hydrogen (secondary N) is 3. The Morgan fingerprint density at radius 2 is 2.10 bits per heavy atom. The number of nitrogens with two attached hydrogens (primary N) is 1. The summed E-state index contributed by atoms with van der Waals surface area (Å²) in [6.45, 7) is 7.18. The molecule has 4 atom stereocenters. The number of amides is 3. The lowest BCUT2D eigenvalue weighted by Gasteiger charge is -2.30. The van der Waals surface area contributed by atoms with E-state index in [1.54, 1.807) is 13.1 Å². The van der Waals surface area contributed by atoms with Crippen LogP contribution in [0.1, 0.15) is 32.4 Å². The molecule has 1 fully saturated rings. The van der Waals surface area contributed by atoms with E-state index >= 15 is 0 Å². The molecule has 1 aliphatic rings. The number of carbonyl (C=O) groups is 3. The number of likely N-dealkylation sites (tertiary alicyclic amines) is 1. The molecule has 1 saturated heterocycles. The summed E-state index contributed by atoms with van der Waals surface area (Å²) in [5.74, 6) is -2.30. The van der Waals surface area contributed by atoms with Gasteiger partial charge in [0.2, 0.25) is 17.7 Å². The molecule has 3 amide bonds. The highest BCUT2D eigenvalue weighted by Gasteiger charge is 2.40. The Kier molecular flexibility index (Phi) is 8.15. The number of aromatic nitrogens is 2. The summed E-state index contributed by atoms with van der Waals surface area (Å²) in [4.78, 5) is 45.8. The monoisotopic (exact) mass is 420 g/mol. The van der Waals surface area contributed by atoms with Gasteiger partial charge in [0.25, 0.3) is 0 Å². The number of hydrogen-bond acceptors (Lipinski definition) is 7. The third-order valence-corrected chi connectivity index (χ3v) is 5.04. The molecule has 1 aromatic heterocycles. The molecule has 1 aliphatic heterocycles. The summed E-state index contributed by atoms with van der Waals surface area (Å²) in [6.07, 6.45) is 4.35. The van der Waals surface area contributed by atoms with E-state index in [4.69, 9.17) is 5.73 Å². The van der Waals surface area contributed by atoms with Crippen molar-refractivity contribution in [3.63, 3.8) is 0 Å². The van der Waals surface area contributed by atoms with E-state index < -0.39 is 48.9 Å². The van der Waals surface area contributed by atoms with Crippen LogP contribution in [-0.2, 0) is 20.8 Å². The van der Waals surface area contributed by atoms with Crippen LogP contribution in [0.2, 0.25) is 0 Å². The molecule has 0 saturated carbocycles. The summed E-state index contributed by atoms with van der Waals surface area (Å²) in [5, 5.41) is 24.1. The Morgan fingerprint density at radius 3 is 2.67 bits per heavy atom. The SMILES string of the molecule is C=C(C)C(NC(=O)C(C)NC(=O)C(N)Cc1cnc[nH]1)C(=O)N1CCCC1B(O)O. The Balaban J connectivity index is 1.95. The van der Waals surface area contributed by atoms with Crippen LogP contribution in [0.4, 0.5) is 0 Å². The van der Waals surface area contributed by atoms with Crippen molar-refractivity contribution in [2.45, 2.75) is 57.2 Å². The summed E-state index contributed by atoms with van der Waals surface area (Å²) in [5.41, 5.74) is 6.95. The highest BCUT2D eigenvalue weighted by atomic mass is 16.4. The molecular formula is C18H29BN6O5. The molecule has 4 unspecified atom stereocenters. The van der Waals surface area contributed by atoms with Crippen LogP contribution >= 0.6 is 0 Å². The number of carbonyl (C=O) groups excluding carboxylic acids is 3. The fourth-order valence-electron chi connectivity index (χ4n) is 3.32. The fraction of sp³-hybridized carbons (Fsp3) is 0.556. The number of H-pyrrole nitrogens is 1. The molecule has 7 N–H and O–H groups in total. The molecule has 0 bridgehead atoms. The maximum absolute atomic E-state index is 12.9. The van der Waals surface area contributed by atoms with Crippen molar-refractivity contribution in [3.8, 4) is 0 Å².